The number of nitrogens with one attached hydrogen (secondary N) is 1. The van der Waals surface area contributed by atoms with Crippen molar-refractivity contribution in [3.05, 3.63) is 138 Å². The Morgan fingerprint density at radius 1 is 0.878 bits per heavy atom. The van der Waals surface area contributed by atoms with E-state index in [0.29, 0.717) is 5.11 Å². The average Bonchev–Trinajstić information content (AvgIpc) is 3.49. The lowest BCUT2D eigenvalue weighted by Crippen LogP contribution is -2.29. The second kappa shape index (κ2) is 10.9. The van der Waals surface area contributed by atoms with E-state index in [1.165, 1.54) is 0 Å². The van der Waals surface area contributed by atoms with Gasteiger partial charge in [-0.15, -0.1) is 0 Å². The first-order valence-electron chi connectivity index (χ1n) is 13.3. The van der Waals surface area contributed by atoms with Crippen molar-refractivity contribution in [1.29, 1.82) is 0 Å². The summed E-state index contributed by atoms with van der Waals surface area (Å²) < 4.78 is 8.16. The molecular weight excluding hydrogens is 532 g/mol. The van der Waals surface area contributed by atoms with Crippen LogP contribution in [0.4, 0.5) is 5.69 Å². The molecule has 0 unspecified atom stereocenters. The van der Waals surface area contributed by atoms with Crippen LogP contribution in [0.3, 0.4) is 0 Å². The molecule has 0 amide bonds. The first kappa shape index (κ1) is 26.3. The Morgan fingerprint density at radius 3 is 2.20 bits per heavy atom. The highest BCUT2D eigenvalue weighted by Crippen LogP contribution is 2.44. The van der Waals surface area contributed by atoms with Gasteiger partial charge in [0.1, 0.15) is 11.5 Å². The molecule has 5 aromatic rings. The molecule has 0 saturated carbocycles. The molecule has 1 aliphatic rings. The largest absolute Gasteiger partial charge is 0.478 e. The van der Waals surface area contributed by atoms with Crippen LogP contribution in [0.1, 0.15) is 45.1 Å². The van der Waals surface area contributed by atoms with Crippen LogP contribution in [0.5, 0.6) is 11.5 Å². The van der Waals surface area contributed by atoms with Gasteiger partial charge in [-0.05, 0) is 110 Å². The molecule has 0 aliphatic carbocycles. The van der Waals surface area contributed by atoms with Gasteiger partial charge >= 0.3 is 5.97 Å². The zero-order valence-corrected chi connectivity index (χ0v) is 23.4. The molecule has 204 valence electrons. The first-order valence-corrected chi connectivity index (χ1v) is 13.7. The number of anilines is 1. The fraction of sp³-hybridized carbons (Fsp3) is 0.121. The van der Waals surface area contributed by atoms with E-state index in [-0.39, 0.29) is 17.6 Å². The SMILES string of the molecule is Cc1cc([C@H]2[C@H](c3ccccn3)NC(=S)N2c2ccc(Oc3ccccc3)cc2)c(C)n1-c1ccc(C(=O)O)cc1. The second-order valence-electron chi connectivity index (χ2n) is 9.92. The third kappa shape index (κ3) is 5.05. The van der Waals surface area contributed by atoms with E-state index in [1.807, 2.05) is 84.9 Å². The maximum atomic E-state index is 11.4. The minimum atomic E-state index is -0.947. The molecule has 2 N–H and O–H groups in total. The molecule has 3 heterocycles. The molecule has 3 aromatic carbocycles. The molecule has 7 nitrogen and oxygen atoms in total. The summed E-state index contributed by atoms with van der Waals surface area (Å²) in [6.07, 6.45) is 1.79. The predicted octanol–water partition coefficient (Wildman–Crippen LogP) is 7.16. The minimum Gasteiger partial charge on any atom is -0.478 e. The molecule has 1 fully saturated rings. The number of carboxylic acids is 1. The van der Waals surface area contributed by atoms with Gasteiger partial charge in [-0.25, -0.2) is 4.79 Å². The van der Waals surface area contributed by atoms with Crippen LogP contribution in [0.15, 0.2) is 109 Å². The van der Waals surface area contributed by atoms with Crippen molar-refractivity contribution in [2.45, 2.75) is 25.9 Å². The Balaban J connectivity index is 1.41. The van der Waals surface area contributed by atoms with E-state index in [9.17, 15) is 9.90 Å². The Hall–Kier alpha value is -4.95. The Labute approximate surface area is 243 Å². The Morgan fingerprint density at radius 2 is 1.54 bits per heavy atom. The van der Waals surface area contributed by atoms with Crippen molar-refractivity contribution in [3.63, 3.8) is 0 Å². The molecular formula is C33H28N4O3S. The van der Waals surface area contributed by atoms with Crippen molar-refractivity contribution in [2.24, 2.45) is 0 Å². The first-order chi connectivity index (χ1) is 19.9. The highest BCUT2D eigenvalue weighted by molar-refractivity contribution is 7.80. The lowest BCUT2D eigenvalue weighted by Gasteiger charge is -2.28. The molecule has 8 heteroatoms. The normalized spacial score (nSPS) is 16.4. The molecule has 1 saturated heterocycles. The van der Waals surface area contributed by atoms with Crippen LogP contribution in [0, 0.1) is 13.8 Å². The van der Waals surface area contributed by atoms with Crippen molar-refractivity contribution >= 4 is 29.0 Å². The van der Waals surface area contributed by atoms with Crippen molar-refractivity contribution in [3.8, 4) is 17.2 Å². The second-order valence-corrected chi connectivity index (χ2v) is 10.3. The summed E-state index contributed by atoms with van der Waals surface area (Å²) in [6, 6.07) is 32.3. The van der Waals surface area contributed by atoms with E-state index in [0.717, 1.165) is 45.5 Å². The van der Waals surface area contributed by atoms with Crippen LogP contribution < -0.4 is 15.0 Å². The van der Waals surface area contributed by atoms with Gasteiger partial charge in [-0.2, -0.15) is 0 Å². The summed E-state index contributed by atoms with van der Waals surface area (Å²) in [4.78, 5) is 18.2. The molecule has 41 heavy (non-hydrogen) atoms. The minimum absolute atomic E-state index is 0.184. The third-order valence-electron chi connectivity index (χ3n) is 7.35. The van der Waals surface area contributed by atoms with Gasteiger partial charge in [0, 0.05) is 29.0 Å². The zero-order chi connectivity index (χ0) is 28.5. The molecule has 2 aromatic heterocycles. The number of aryl methyl sites for hydroxylation is 1. The van der Waals surface area contributed by atoms with Crippen LogP contribution in [0.25, 0.3) is 5.69 Å². The van der Waals surface area contributed by atoms with Gasteiger partial charge in [-0.1, -0.05) is 24.3 Å². The number of aromatic nitrogens is 2. The van der Waals surface area contributed by atoms with Crippen LogP contribution in [0.2, 0.25) is 0 Å². The summed E-state index contributed by atoms with van der Waals surface area (Å²) in [5.41, 5.74) is 6.14. The number of ether oxygens (including phenoxy) is 1. The lowest BCUT2D eigenvalue weighted by molar-refractivity contribution is 0.0697. The Bertz CT molecular complexity index is 1700. The van der Waals surface area contributed by atoms with Crippen molar-refractivity contribution < 1.29 is 14.6 Å². The zero-order valence-electron chi connectivity index (χ0n) is 22.6. The molecule has 1 aliphatic heterocycles. The molecule has 0 spiro atoms. The quantitative estimate of drug-likeness (QED) is 0.205. The maximum Gasteiger partial charge on any atom is 0.335 e. The number of carbonyl (C=O) groups is 1. The van der Waals surface area contributed by atoms with Gasteiger partial charge in [0.25, 0.3) is 0 Å². The van der Waals surface area contributed by atoms with Gasteiger partial charge in [0.15, 0.2) is 5.11 Å². The number of rotatable bonds is 7. The smallest absolute Gasteiger partial charge is 0.335 e. The van der Waals surface area contributed by atoms with Gasteiger partial charge in [-0.3, -0.25) is 4.98 Å². The van der Waals surface area contributed by atoms with E-state index in [4.69, 9.17) is 17.0 Å². The van der Waals surface area contributed by atoms with E-state index in [2.05, 4.69) is 39.7 Å². The highest BCUT2D eigenvalue weighted by Gasteiger charge is 2.42. The van der Waals surface area contributed by atoms with E-state index < -0.39 is 5.97 Å². The lowest BCUT2D eigenvalue weighted by atomic mass is 9.96. The van der Waals surface area contributed by atoms with E-state index in [1.54, 1.807) is 18.3 Å². The van der Waals surface area contributed by atoms with Crippen LogP contribution in [-0.2, 0) is 0 Å². The maximum absolute atomic E-state index is 11.4. The standard InChI is InChI=1S/C33H28N4O3S/c1-21-20-28(22(2)36(21)24-13-11-23(12-14-24)32(38)39)31-30(29-10-6-7-19-34-29)35-33(41)37(31)25-15-17-27(18-16-25)40-26-8-4-3-5-9-26/h3-20,30-31H,1-2H3,(H,35,41)(H,38,39)/t30-,31-/m0/s1. The van der Waals surface area contributed by atoms with Crippen molar-refractivity contribution in [1.82, 2.24) is 14.9 Å². The van der Waals surface area contributed by atoms with Crippen LogP contribution >= 0.6 is 12.2 Å². The average molecular weight is 561 g/mol. The summed E-state index contributed by atoms with van der Waals surface area (Å²) in [6.45, 7) is 4.14. The number of carboxylic acid groups (broad SMARTS) is 1. The molecule has 2 atom stereocenters. The predicted molar refractivity (Wildman–Crippen MR) is 163 cm³/mol. The monoisotopic (exact) mass is 560 g/mol. The summed E-state index contributed by atoms with van der Waals surface area (Å²) >= 11 is 5.92. The molecule has 0 bridgehead atoms. The number of para-hydroxylation sites is 1. The van der Waals surface area contributed by atoms with Gasteiger partial charge in [0.05, 0.1) is 23.3 Å². The van der Waals surface area contributed by atoms with Gasteiger partial charge in [0.2, 0.25) is 0 Å². The highest BCUT2D eigenvalue weighted by atomic mass is 32.1. The third-order valence-corrected chi connectivity index (χ3v) is 7.67. The number of hydrogen-bond donors (Lipinski definition) is 2. The number of thiocarbonyl (C=S) groups is 1. The van der Waals surface area contributed by atoms with Crippen LogP contribution in [-0.4, -0.2) is 25.7 Å². The summed E-state index contributed by atoms with van der Waals surface area (Å²) in [7, 11) is 0. The summed E-state index contributed by atoms with van der Waals surface area (Å²) in [5.74, 6) is 0.562. The van der Waals surface area contributed by atoms with Gasteiger partial charge < -0.3 is 24.6 Å². The molecule has 0 radical (unpaired) electrons. The fourth-order valence-corrected chi connectivity index (χ4v) is 5.83. The molecule has 6 rings (SSSR count). The van der Waals surface area contributed by atoms with Crippen molar-refractivity contribution in [2.75, 3.05) is 4.90 Å². The topological polar surface area (TPSA) is 79.6 Å². The number of hydrogen-bond acceptors (Lipinski definition) is 4. The number of benzene rings is 3. The number of aromatic carboxylic acids is 1. The Kier molecular flexibility index (Phi) is 6.99. The summed E-state index contributed by atoms with van der Waals surface area (Å²) in [5, 5.41) is 13.5. The fourth-order valence-electron chi connectivity index (χ4n) is 5.49. The van der Waals surface area contributed by atoms with E-state index >= 15 is 0 Å². The number of pyridine rings is 1. The number of nitrogens with zero attached hydrogens (tertiary/aromatic N) is 3.